The van der Waals surface area contributed by atoms with Crippen LogP contribution in [0.15, 0.2) is 89.5 Å². The first-order chi connectivity index (χ1) is 14.7. The molecule has 0 bridgehead atoms. The van der Waals surface area contributed by atoms with Crippen LogP contribution in [0.3, 0.4) is 0 Å². The van der Waals surface area contributed by atoms with Crippen LogP contribution < -0.4 is 5.32 Å². The van der Waals surface area contributed by atoms with Gasteiger partial charge in [-0.25, -0.2) is 0 Å². The molecule has 1 aromatic heterocycles. The van der Waals surface area contributed by atoms with Gasteiger partial charge in [-0.1, -0.05) is 84.0 Å². The van der Waals surface area contributed by atoms with Gasteiger partial charge in [-0.05, 0) is 29.7 Å². The highest BCUT2D eigenvalue weighted by molar-refractivity contribution is 5.92. The summed E-state index contributed by atoms with van der Waals surface area (Å²) in [6.07, 6.45) is 0.820. The highest BCUT2D eigenvalue weighted by Crippen LogP contribution is 2.29. The molecule has 30 heavy (non-hydrogen) atoms. The normalized spacial score (nSPS) is 10.9. The fraction of sp³-hybridized carbons (Fsp3) is 0.160. The third-order valence-corrected chi connectivity index (χ3v) is 5.00. The molecule has 0 aliphatic carbocycles. The van der Waals surface area contributed by atoms with Gasteiger partial charge in [0.2, 0.25) is 11.8 Å². The Labute approximate surface area is 175 Å². The maximum absolute atomic E-state index is 13.0. The Balaban J connectivity index is 1.53. The predicted octanol–water partition coefficient (Wildman–Crippen LogP) is 5.13. The van der Waals surface area contributed by atoms with Crippen LogP contribution in [0.25, 0.3) is 0 Å². The topological polar surface area (TPSA) is 68.0 Å². The summed E-state index contributed by atoms with van der Waals surface area (Å²) >= 11 is 0. The Kier molecular flexibility index (Phi) is 5.99. The fourth-order valence-corrected chi connectivity index (χ4v) is 3.56. The predicted molar refractivity (Wildman–Crippen MR) is 116 cm³/mol. The van der Waals surface area contributed by atoms with Gasteiger partial charge in [-0.3, -0.25) is 4.79 Å². The number of aryl methyl sites for hydroxylation is 1. The van der Waals surface area contributed by atoms with E-state index in [4.69, 9.17) is 4.52 Å². The summed E-state index contributed by atoms with van der Waals surface area (Å²) in [7, 11) is 0. The lowest BCUT2D eigenvalue weighted by atomic mass is 9.88. The van der Waals surface area contributed by atoms with Crippen molar-refractivity contribution in [2.75, 3.05) is 5.32 Å². The first-order valence-corrected chi connectivity index (χ1v) is 9.96. The van der Waals surface area contributed by atoms with Gasteiger partial charge in [-0.2, -0.15) is 4.98 Å². The molecule has 4 aromatic rings. The maximum Gasteiger partial charge on any atom is 0.231 e. The van der Waals surface area contributed by atoms with Gasteiger partial charge in [0.05, 0.1) is 6.42 Å². The molecule has 150 valence electrons. The first kappa shape index (κ1) is 19.6. The van der Waals surface area contributed by atoms with Gasteiger partial charge in [-0.15, -0.1) is 0 Å². The average Bonchev–Trinajstić information content (AvgIpc) is 3.19. The third kappa shape index (κ3) is 4.81. The van der Waals surface area contributed by atoms with E-state index in [0.29, 0.717) is 24.6 Å². The van der Waals surface area contributed by atoms with Crippen molar-refractivity contribution in [3.63, 3.8) is 0 Å². The molecular formula is C25H23N3O2. The van der Waals surface area contributed by atoms with E-state index in [1.807, 2.05) is 60.7 Å². The number of rotatable bonds is 7. The van der Waals surface area contributed by atoms with E-state index < -0.39 is 0 Å². The molecule has 0 spiro atoms. The van der Waals surface area contributed by atoms with Gasteiger partial charge in [0.25, 0.3) is 0 Å². The largest absolute Gasteiger partial charge is 0.339 e. The molecular weight excluding hydrogens is 374 g/mol. The minimum atomic E-state index is -0.0399. The van der Waals surface area contributed by atoms with Crippen LogP contribution in [0.5, 0.6) is 0 Å². The zero-order chi connectivity index (χ0) is 20.8. The van der Waals surface area contributed by atoms with Crippen LogP contribution in [0, 0.1) is 6.92 Å². The SMILES string of the molecule is Cc1noc(Cc2ccccc2NC(=O)CC(c2ccccc2)c2ccccc2)n1. The van der Waals surface area contributed by atoms with E-state index in [9.17, 15) is 4.79 Å². The van der Waals surface area contributed by atoms with Crippen LogP contribution in [0.4, 0.5) is 5.69 Å². The summed E-state index contributed by atoms with van der Waals surface area (Å²) in [6, 6.07) is 28.0. The number of hydrogen-bond donors (Lipinski definition) is 1. The molecule has 0 radical (unpaired) electrons. The van der Waals surface area contributed by atoms with Crippen molar-refractivity contribution in [3.05, 3.63) is 113 Å². The quantitative estimate of drug-likeness (QED) is 0.469. The second kappa shape index (κ2) is 9.18. The highest BCUT2D eigenvalue weighted by Gasteiger charge is 2.19. The smallest absolute Gasteiger partial charge is 0.231 e. The lowest BCUT2D eigenvalue weighted by Crippen LogP contribution is -2.17. The zero-order valence-electron chi connectivity index (χ0n) is 16.8. The van der Waals surface area contributed by atoms with Gasteiger partial charge in [0.15, 0.2) is 5.82 Å². The summed E-state index contributed by atoms with van der Waals surface area (Å²) in [5.41, 5.74) is 3.94. The third-order valence-electron chi connectivity index (χ3n) is 5.00. The van der Waals surface area contributed by atoms with Crippen LogP contribution in [0.2, 0.25) is 0 Å². The minimum absolute atomic E-state index is 0.0156. The molecule has 0 aliphatic heterocycles. The number of amides is 1. The highest BCUT2D eigenvalue weighted by atomic mass is 16.5. The van der Waals surface area contributed by atoms with Gasteiger partial charge < -0.3 is 9.84 Å². The van der Waals surface area contributed by atoms with Gasteiger partial charge in [0, 0.05) is 18.0 Å². The van der Waals surface area contributed by atoms with E-state index in [0.717, 1.165) is 22.4 Å². The van der Waals surface area contributed by atoms with Crippen LogP contribution in [-0.4, -0.2) is 16.0 Å². The van der Waals surface area contributed by atoms with Gasteiger partial charge in [0.1, 0.15) is 0 Å². The van der Waals surface area contributed by atoms with E-state index in [2.05, 4.69) is 39.7 Å². The molecule has 1 amide bonds. The number of carbonyl (C=O) groups excluding carboxylic acids is 1. The van der Waals surface area contributed by atoms with Crippen molar-refractivity contribution in [1.29, 1.82) is 0 Å². The summed E-state index contributed by atoms with van der Waals surface area (Å²) < 4.78 is 5.23. The first-order valence-electron chi connectivity index (χ1n) is 9.96. The Hall–Kier alpha value is -3.73. The number of nitrogens with zero attached hydrogens (tertiary/aromatic N) is 2. The van der Waals surface area contributed by atoms with Crippen molar-refractivity contribution < 1.29 is 9.32 Å². The van der Waals surface area contributed by atoms with E-state index >= 15 is 0 Å². The number of hydrogen-bond acceptors (Lipinski definition) is 4. The lowest BCUT2D eigenvalue weighted by Gasteiger charge is -2.18. The number of benzene rings is 3. The van der Waals surface area contributed by atoms with Gasteiger partial charge >= 0.3 is 0 Å². The molecule has 0 aliphatic rings. The van der Waals surface area contributed by atoms with Crippen LogP contribution in [0.1, 0.15) is 40.7 Å². The molecule has 5 heteroatoms. The molecule has 0 unspecified atom stereocenters. The van der Waals surface area contributed by atoms with E-state index in [1.54, 1.807) is 6.92 Å². The number of nitrogens with one attached hydrogen (secondary N) is 1. The molecule has 4 rings (SSSR count). The molecule has 0 fully saturated rings. The molecule has 3 aromatic carbocycles. The standard InChI is InChI=1S/C25H23N3O2/c1-18-26-25(30-28-18)16-21-14-8-9-15-23(21)27-24(29)17-22(19-10-4-2-5-11-19)20-12-6-3-7-13-20/h2-15,22H,16-17H2,1H3,(H,27,29). The van der Waals surface area contributed by atoms with Crippen molar-refractivity contribution in [3.8, 4) is 0 Å². The average molecular weight is 397 g/mol. The maximum atomic E-state index is 13.0. The summed E-state index contributed by atoms with van der Waals surface area (Å²) in [6.45, 7) is 1.79. The fourth-order valence-electron chi connectivity index (χ4n) is 3.56. The molecule has 1 N–H and O–H groups in total. The molecule has 0 atom stereocenters. The Morgan fingerprint density at radius 2 is 1.50 bits per heavy atom. The Bertz CT molecular complexity index is 1070. The Morgan fingerprint density at radius 1 is 0.900 bits per heavy atom. The number of anilines is 1. The number of carbonyl (C=O) groups is 1. The van der Waals surface area contributed by atoms with Crippen LogP contribution in [-0.2, 0) is 11.2 Å². The molecule has 1 heterocycles. The lowest BCUT2D eigenvalue weighted by molar-refractivity contribution is -0.116. The van der Waals surface area contributed by atoms with Crippen LogP contribution >= 0.6 is 0 Å². The summed E-state index contributed by atoms with van der Waals surface area (Å²) in [4.78, 5) is 17.3. The Morgan fingerprint density at radius 3 is 2.10 bits per heavy atom. The number of aromatic nitrogens is 2. The summed E-state index contributed by atoms with van der Waals surface area (Å²) in [5, 5.41) is 6.92. The van der Waals surface area contributed by atoms with Crippen molar-refractivity contribution >= 4 is 11.6 Å². The molecule has 5 nitrogen and oxygen atoms in total. The second-order valence-corrected chi connectivity index (χ2v) is 7.20. The van der Waals surface area contributed by atoms with E-state index in [1.165, 1.54) is 0 Å². The zero-order valence-corrected chi connectivity index (χ0v) is 16.8. The number of para-hydroxylation sites is 1. The van der Waals surface area contributed by atoms with Crippen molar-refractivity contribution in [2.45, 2.75) is 25.7 Å². The summed E-state index contributed by atoms with van der Waals surface area (Å²) in [5.74, 6) is 1.07. The van der Waals surface area contributed by atoms with Crippen molar-refractivity contribution in [1.82, 2.24) is 10.1 Å². The monoisotopic (exact) mass is 397 g/mol. The minimum Gasteiger partial charge on any atom is -0.339 e. The molecule has 0 saturated heterocycles. The van der Waals surface area contributed by atoms with E-state index in [-0.39, 0.29) is 11.8 Å². The van der Waals surface area contributed by atoms with Crippen molar-refractivity contribution in [2.24, 2.45) is 0 Å². The second-order valence-electron chi connectivity index (χ2n) is 7.20. The molecule has 0 saturated carbocycles.